The van der Waals surface area contributed by atoms with E-state index in [4.69, 9.17) is 4.42 Å². The molecular weight excluding hydrogens is 390 g/mol. The Morgan fingerprint density at radius 3 is 2.35 bits per heavy atom. The van der Waals surface area contributed by atoms with Gasteiger partial charge in [0.1, 0.15) is 5.76 Å². The molecule has 0 aliphatic heterocycles. The van der Waals surface area contributed by atoms with Crippen LogP contribution < -0.4 is 10.6 Å². The number of anilines is 1. The minimum Gasteiger partial charge on any atom is -0.467 e. The maximum Gasteiger partial charge on any atom is 0.257 e. The van der Waals surface area contributed by atoms with Gasteiger partial charge in [0, 0.05) is 17.1 Å². The number of benzene rings is 2. The van der Waals surface area contributed by atoms with Gasteiger partial charge in [0.05, 0.1) is 29.6 Å². The Hall–Kier alpha value is -4.06. The molecule has 0 bridgehead atoms. The summed E-state index contributed by atoms with van der Waals surface area (Å²) < 4.78 is 7.29. The number of furan rings is 1. The summed E-state index contributed by atoms with van der Waals surface area (Å²) in [5.41, 5.74) is 4.19. The molecule has 4 aromatic rings. The molecule has 0 atom stereocenters. The molecule has 2 N–H and O–H groups in total. The molecule has 2 heterocycles. The van der Waals surface area contributed by atoms with E-state index in [-0.39, 0.29) is 18.4 Å². The van der Waals surface area contributed by atoms with Gasteiger partial charge in [-0.15, -0.1) is 0 Å². The van der Waals surface area contributed by atoms with E-state index < -0.39 is 0 Å². The zero-order valence-corrected chi connectivity index (χ0v) is 17.4. The van der Waals surface area contributed by atoms with E-state index in [1.54, 1.807) is 42.7 Å². The highest BCUT2D eigenvalue weighted by atomic mass is 16.3. The molecule has 31 heavy (non-hydrogen) atoms. The zero-order valence-electron chi connectivity index (χ0n) is 17.4. The molecule has 6 heteroatoms. The van der Waals surface area contributed by atoms with Gasteiger partial charge in [-0.1, -0.05) is 30.3 Å². The topological polar surface area (TPSA) is 76.3 Å². The fourth-order valence-corrected chi connectivity index (χ4v) is 3.62. The highest BCUT2D eigenvalue weighted by Crippen LogP contribution is 2.23. The molecule has 0 aliphatic rings. The average Bonchev–Trinajstić information content (AvgIpc) is 3.40. The van der Waals surface area contributed by atoms with Gasteiger partial charge >= 0.3 is 0 Å². The van der Waals surface area contributed by atoms with Gasteiger partial charge in [0.25, 0.3) is 11.8 Å². The summed E-state index contributed by atoms with van der Waals surface area (Å²) in [6.45, 7) is 4.15. The third-order valence-electron chi connectivity index (χ3n) is 5.11. The third kappa shape index (κ3) is 4.28. The molecule has 0 saturated heterocycles. The van der Waals surface area contributed by atoms with Crippen molar-refractivity contribution >= 4 is 17.5 Å². The van der Waals surface area contributed by atoms with Gasteiger partial charge in [-0.25, -0.2) is 0 Å². The molecule has 0 saturated carbocycles. The lowest BCUT2D eigenvalue weighted by molar-refractivity contribution is 0.0949. The molecule has 2 aromatic carbocycles. The first kappa shape index (κ1) is 20.2. The first-order chi connectivity index (χ1) is 15.0. The van der Waals surface area contributed by atoms with Crippen molar-refractivity contribution in [2.75, 3.05) is 5.32 Å². The number of aryl methyl sites for hydroxylation is 1. The Morgan fingerprint density at radius 2 is 1.61 bits per heavy atom. The predicted octanol–water partition coefficient (Wildman–Crippen LogP) is 4.87. The summed E-state index contributed by atoms with van der Waals surface area (Å²) in [5, 5.41) is 5.71. The van der Waals surface area contributed by atoms with Crippen LogP contribution in [0.3, 0.4) is 0 Å². The van der Waals surface area contributed by atoms with Gasteiger partial charge in [-0.2, -0.15) is 0 Å². The van der Waals surface area contributed by atoms with E-state index >= 15 is 0 Å². The molecule has 6 nitrogen and oxygen atoms in total. The lowest BCUT2D eigenvalue weighted by Gasteiger charge is -2.12. The number of amides is 2. The Bertz CT molecular complexity index is 1210. The van der Waals surface area contributed by atoms with Crippen LogP contribution in [0, 0.1) is 13.8 Å². The minimum atomic E-state index is -0.290. The largest absolute Gasteiger partial charge is 0.467 e. The number of aromatic nitrogens is 1. The van der Waals surface area contributed by atoms with Crippen LogP contribution in [0.25, 0.3) is 5.69 Å². The summed E-state index contributed by atoms with van der Waals surface area (Å²) in [7, 11) is 0. The molecule has 0 radical (unpaired) electrons. The Kier molecular flexibility index (Phi) is 5.71. The van der Waals surface area contributed by atoms with Gasteiger partial charge in [-0.05, 0) is 56.3 Å². The van der Waals surface area contributed by atoms with Gasteiger partial charge in [0.15, 0.2) is 0 Å². The van der Waals surface area contributed by atoms with Crippen molar-refractivity contribution in [3.05, 3.63) is 107 Å². The van der Waals surface area contributed by atoms with Crippen LogP contribution in [-0.2, 0) is 6.54 Å². The van der Waals surface area contributed by atoms with Crippen LogP contribution >= 0.6 is 0 Å². The van der Waals surface area contributed by atoms with Crippen molar-refractivity contribution in [3.63, 3.8) is 0 Å². The fraction of sp³-hybridized carbons (Fsp3) is 0.120. The molecule has 0 fully saturated rings. The van der Waals surface area contributed by atoms with Crippen molar-refractivity contribution in [2.45, 2.75) is 20.4 Å². The van der Waals surface area contributed by atoms with Crippen LogP contribution in [0.1, 0.15) is 37.9 Å². The molecule has 0 spiro atoms. The summed E-state index contributed by atoms with van der Waals surface area (Å²) >= 11 is 0. The second kappa shape index (κ2) is 8.75. The fourth-order valence-electron chi connectivity index (χ4n) is 3.62. The van der Waals surface area contributed by atoms with Crippen LogP contribution in [0.15, 0.2) is 83.5 Å². The summed E-state index contributed by atoms with van der Waals surface area (Å²) in [5.74, 6) is 0.104. The number of hydrogen-bond donors (Lipinski definition) is 2. The van der Waals surface area contributed by atoms with E-state index in [1.165, 1.54) is 0 Å². The summed E-state index contributed by atoms with van der Waals surface area (Å²) in [4.78, 5) is 25.8. The van der Waals surface area contributed by atoms with Crippen LogP contribution in [0.4, 0.5) is 5.69 Å². The van der Waals surface area contributed by atoms with E-state index in [0.29, 0.717) is 22.6 Å². The predicted molar refractivity (Wildman–Crippen MR) is 120 cm³/mol. The van der Waals surface area contributed by atoms with Gasteiger partial charge < -0.3 is 19.6 Å². The van der Waals surface area contributed by atoms with Crippen molar-refractivity contribution < 1.29 is 14.0 Å². The average molecular weight is 413 g/mol. The van der Waals surface area contributed by atoms with E-state index in [9.17, 15) is 9.59 Å². The monoisotopic (exact) mass is 413 g/mol. The van der Waals surface area contributed by atoms with E-state index in [1.807, 2.05) is 54.8 Å². The Balaban J connectivity index is 1.55. The maximum atomic E-state index is 13.1. The lowest BCUT2D eigenvalue weighted by atomic mass is 10.1. The third-order valence-corrected chi connectivity index (χ3v) is 5.11. The van der Waals surface area contributed by atoms with Gasteiger partial charge in [0.2, 0.25) is 0 Å². The number of hydrogen-bond acceptors (Lipinski definition) is 3. The quantitative estimate of drug-likeness (QED) is 0.473. The highest BCUT2D eigenvalue weighted by Gasteiger charge is 2.19. The Morgan fingerprint density at radius 1 is 0.871 bits per heavy atom. The molecule has 0 aliphatic carbocycles. The first-order valence-electron chi connectivity index (χ1n) is 10.00. The van der Waals surface area contributed by atoms with E-state index in [0.717, 1.165) is 17.1 Å². The molecule has 2 amide bonds. The molecule has 156 valence electrons. The van der Waals surface area contributed by atoms with Crippen molar-refractivity contribution in [1.29, 1.82) is 0 Å². The standard InChI is InChI=1S/C25H23N3O3/c1-17-15-22(18(2)28(17)19-9-4-3-5-10-19)25(30)27-23-13-7-6-12-21(23)24(29)26-16-20-11-8-14-31-20/h3-15H,16H2,1-2H3,(H,26,29)(H,27,30). The number of carbonyl (C=O) groups excluding carboxylic acids is 2. The van der Waals surface area contributed by atoms with Crippen LogP contribution in [-0.4, -0.2) is 16.4 Å². The SMILES string of the molecule is Cc1cc(C(=O)Nc2ccccc2C(=O)NCc2ccco2)c(C)n1-c1ccccc1. The molecule has 0 unspecified atom stereocenters. The number of para-hydroxylation sites is 2. The van der Waals surface area contributed by atoms with Crippen molar-refractivity contribution in [1.82, 2.24) is 9.88 Å². The molecule has 4 rings (SSSR count). The van der Waals surface area contributed by atoms with Gasteiger partial charge in [-0.3, -0.25) is 9.59 Å². The van der Waals surface area contributed by atoms with E-state index in [2.05, 4.69) is 10.6 Å². The smallest absolute Gasteiger partial charge is 0.257 e. The number of carbonyl (C=O) groups is 2. The lowest BCUT2D eigenvalue weighted by Crippen LogP contribution is -2.24. The summed E-state index contributed by atoms with van der Waals surface area (Å²) in [6.07, 6.45) is 1.56. The van der Waals surface area contributed by atoms with Crippen LogP contribution in [0.2, 0.25) is 0 Å². The normalized spacial score (nSPS) is 10.6. The molecule has 2 aromatic heterocycles. The zero-order chi connectivity index (χ0) is 21.8. The number of nitrogens with zero attached hydrogens (tertiary/aromatic N) is 1. The highest BCUT2D eigenvalue weighted by molar-refractivity contribution is 6.09. The summed E-state index contributed by atoms with van der Waals surface area (Å²) in [6, 6.07) is 22.2. The Labute approximate surface area is 180 Å². The number of nitrogens with one attached hydrogen (secondary N) is 2. The maximum absolute atomic E-state index is 13.1. The van der Waals surface area contributed by atoms with Crippen molar-refractivity contribution in [2.24, 2.45) is 0 Å². The first-order valence-corrected chi connectivity index (χ1v) is 10.00. The second-order valence-corrected chi connectivity index (χ2v) is 7.22. The van der Waals surface area contributed by atoms with Crippen LogP contribution in [0.5, 0.6) is 0 Å². The van der Waals surface area contributed by atoms with Crippen molar-refractivity contribution in [3.8, 4) is 5.69 Å². The number of rotatable bonds is 6. The molecular formula is C25H23N3O3. The second-order valence-electron chi connectivity index (χ2n) is 7.22. The minimum absolute atomic E-state index is 0.262.